The van der Waals surface area contributed by atoms with Crippen molar-refractivity contribution in [3.8, 4) is 0 Å². The third-order valence-electron chi connectivity index (χ3n) is 3.51. The molecule has 3 atom stereocenters. The van der Waals surface area contributed by atoms with E-state index in [9.17, 15) is 10.1 Å². The minimum Gasteiger partial charge on any atom is -0.350 e. The Morgan fingerprint density at radius 2 is 2.16 bits per heavy atom. The van der Waals surface area contributed by atoms with E-state index in [0.717, 1.165) is 38.5 Å². The van der Waals surface area contributed by atoms with Gasteiger partial charge in [-0.15, -0.1) is 0 Å². The molecule has 19 heavy (non-hydrogen) atoms. The van der Waals surface area contributed by atoms with Crippen LogP contribution >= 0.6 is 0 Å². The maximum absolute atomic E-state index is 10.7. The summed E-state index contributed by atoms with van der Waals surface area (Å²) >= 11 is 0. The van der Waals surface area contributed by atoms with Gasteiger partial charge in [0.25, 0.3) is 0 Å². The lowest BCUT2D eigenvalue weighted by Crippen LogP contribution is -2.34. The van der Waals surface area contributed by atoms with Crippen LogP contribution in [0.5, 0.6) is 0 Å². The Morgan fingerprint density at radius 3 is 2.79 bits per heavy atom. The van der Waals surface area contributed by atoms with E-state index >= 15 is 0 Å². The second kappa shape index (κ2) is 9.26. The highest BCUT2D eigenvalue weighted by Gasteiger charge is 2.25. The van der Waals surface area contributed by atoms with Crippen molar-refractivity contribution in [1.82, 2.24) is 0 Å². The van der Waals surface area contributed by atoms with Gasteiger partial charge in [0.05, 0.1) is 6.10 Å². The minimum absolute atomic E-state index is 0.111. The maximum Gasteiger partial charge on any atom is 0.229 e. The molecular weight excluding hydrogens is 246 g/mol. The van der Waals surface area contributed by atoms with Crippen LogP contribution in [-0.2, 0) is 9.47 Å². The molecule has 0 amide bonds. The number of hydrogen-bond donors (Lipinski definition) is 0. The first-order valence-electron chi connectivity index (χ1n) is 7.54. The lowest BCUT2D eigenvalue weighted by Gasteiger charge is -2.30. The number of ether oxygens (including phenoxy) is 2. The number of nitro groups is 1. The van der Waals surface area contributed by atoms with Crippen molar-refractivity contribution in [3.63, 3.8) is 0 Å². The monoisotopic (exact) mass is 273 g/mol. The molecule has 0 saturated carbocycles. The number of nitrogens with zero attached hydrogens (tertiary/aromatic N) is 1. The second-order valence-electron chi connectivity index (χ2n) is 5.43. The Bertz CT molecular complexity index is 260. The standard InChI is InChI=1S/C14H27NO4/c1-3-4-5-6-9-13(11-15(16)17)19-14-10-7-8-12(2)18-14/h12-14H,3-11H2,1-2H3/t12-,13+,14+/m0/s1. The van der Waals surface area contributed by atoms with Crippen LogP contribution in [0.3, 0.4) is 0 Å². The fourth-order valence-electron chi connectivity index (χ4n) is 2.45. The van der Waals surface area contributed by atoms with Gasteiger partial charge < -0.3 is 9.47 Å². The van der Waals surface area contributed by atoms with Crippen molar-refractivity contribution in [1.29, 1.82) is 0 Å². The van der Waals surface area contributed by atoms with Crippen molar-refractivity contribution in [2.24, 2.45) is 0 Å². The molecule has 5 heteroatoms. The molecule has 0 radical (unpaired) electrons. The van der Waals surface area contributed by atoms with E-state index in [-0.39, 0.29) is 30.0 Å². The van der Waals surface area contributed by atoms with E-state index < -0.39 is 0 Å². The summed E-state index contributed by atoms with van der Waals surface area (Å²) in [5.74, 6) is 0. The van der Waals surface area contributed by atoms with Crippen LogP contribution in [0.15, 0.2) is 0 Å². The number of rotatable bonds is 9. The normalized spacial score (nSPS) is 25.2. The molecule has 1 fully saturated rings. The highest BCUT2D eigenvalue weighted by atomic mass is 16.7. The van der Waals surface area contributed by atoms with E-state index in [2.05, 4.69) is 6.92 Å². The van der Waals surface area contributed by atoms with Gasteiger partial charge in [0.2, 0.25) is 6.54 Å². The van der Waals surface area contributed by atoms with Crippen LogP contribution in [-0.4, -0.2) is 30.0 Å². The molecular formula is C14H27NO4. The summed E-state index contributed by atoms with van der Waals surface area (Å²) in [7, 11) is 0. The largest absolute Gasteiger partial charge is 0.350 e. The molecule has 1 aliphatic heterocycles. The average Bonchev–Trinajstić information content (AvgIpc) is 2.34. The molecule has 0 aliphatic carbocycles. The van der Waals surface area contributed by atoms with Gasteiger partial charge in [-0.2, -0.15) is 0 Å². The van der Waals surface area contributed by atoms with Gasteiger partial charge >= 0.3 is 0 Å². The van der Waals surface area contributed by atoms with Crippen molar-refractivity contribution in [2.75, 3.05) is 6.54 Å². The Labute approximate surface area is 115 Å². The molecule has 1 rings (SSSR count). The van der Waals surface area contributed by atoms with Gasteiger partial charge in [-0.25, -0.2) is 0 Å². The first kappa shape index (κ1) is 16.4. The third kappa shape index (κ3) is 7.47. The molecule has 112 valence electrons. The molecule has 0 aromatic heterocycles. The smallest absolute Gasteiger partial charge is 0.229 e. The summed E-state index contributed by atoms with van der Waals surface area (Å²) in [4.78, 5) is 10.4. The molecule has 0 aromatic rings. The summed E-state index contributed by atoms with van der Waals surface area (Å²) in [6.07, 6.45) is 7.86. The van der Waals surface area contributed by atoms with Crippen molar-refractivity contribution in [2.45, 2.75) is 83.7 Å². The topological polar surface area (TPSA) is 61.6 Å². The van der Waals surface area contributed by atoms with Crippen LogP contribution in [0.4, 0.5) is 0 Å². The van der Waals surface area contributed by atoms with Crippen molar-refractivity contribution >= 4 is 0 Å². The van der Waals surface area contributed by atoms with Crippen molar-refractivity contribution in [3.05, 3.63) is 10.1 Å². The Morgan fingerprint density at radius 1 is 1.37 bits per heavy atom. The predicted molar refractivity (Wildman–Crippen MR) is 73.7 cm³/mol. The third-order valence-corrected chi connectivity index (χ3v) is 3.51. The molecule has 1 aliphatic rings. The first-order chi connectivity index (χ1) is 9.11. The predicted octanol–water partition coefficient (Wildman–Crippen LogP) is 3.53. The first-order valence-corrected chi connectivity index (χ1v) is 7.54. The quantitative estimate of drug-likeness (QED) is 0.366. The van der Waals surface area contributed by atoms with E-state index in [1.807, 2.05) is 6.92 Å². The van der Waals surface area contributed by atoms with Crippen LogP contribution in [0.25, 0.3) is 0 Å². The second-order valence-corrected chi connectivity index (χ2v) is 5.43. The van der Waals surface area contributed by atoms with Gasteiger partial charge in [-0.3, -0.25) is 10.1 Å². The van der Waals surface area contributed by atoms with Gasteiger partial charge in [0.15, 0.2) is 6.29 Å². The van der Waals surface area contributed by atoms with Crippen LogP contribution in [0, 0.1) is 10.1 Å². The van der Waals surface area contributed by atoms with Gasteiger partial charge in [0, 0.05) is 4.92 Å². The molecule has 0 aromatic carbocycles. The van der Waals surface area contributed by atoms with Gasteiger partial charge in [-0.05, 0) is 32.6 Å². The molecule has 0 bridgehead atoms. The summed E-state index contributed by atoms with van der Waals surface area (Å²) in [6.45, 7) is 4.07. The van der Waals surface area contributed by atoms with Crippen LogP contribution in [0.2, 0.25) is 0 Å². The highest BCUT2D eigenvalue weighted by molar-refractivity contribution is 4.65. The molecule has 5 nitrogen and oxygen atoms in total. The van der Waals surface area contributed by atoms with Crippen molar-refractivity contribution < 1.29 is 14.4 Å². The summed E-state index contributed by atoms with van der Waals surface area (Å²) in [5, 5.41) is 10.7. The zero-order valence-electron chi connectivity index (χ0n) is 12.2. The fraction of sp³-hybridized carbons (Fsp3) is 1.00. The zero-order chi connectivity index (χ0) is 14.1. The maximum atomic E-state index is 10.7. The van der Waals surface area contributed by atoms with Crippen LogP contribution in [0.1, 0.15) is 65.2 Å². The zero-order valence-corrected chi connectivity index (χ0v) is 12.2. The Balaban J connectivity index is 2.32. The fourth-order valence-corrected chi connectivity index (χ4v) is 2.45. The van der Waals surface area contributed by atoms with Gasteiger partial charge in [-0.1, -0.05) is 32.6 Å². The highest BCUT2D eigenvalue weighted by Crippen LogP contribution is 2.22. The van der Waals surface area contributed by atoms with E-state index in [1.165, 1.54) is 12.8 Å². The van der Waals surface area contributed by atoms with Gasteiger partial charge in [0.1, 0.15) is 6.10 Å². The lowest BCUT2D eigenvalue weighted by atomic mass is 10.1. The molecule has 0 unspecified atom stereocenters. The molecule has 0 N–H and O–H groups in total. The summed E-state index contributed by atoms with van der Waals surface area (Å²) in [6, 6.07) is 0. The van der Waals surface area contributed by atoms with E-state index in [4.69, 9.17) is 9.47 Å². The molecule has 1 saturated heterocycles. The Hall–Kier alpha value is -0.680. The molecule has 1 heterocycles. The summed E-state index contributed by atoms with van der Waals surface area (Å²) in [5.41, 5.74) is 0. The van der Waals surface area contributed by atoms with E-state index in [1.54, 1.807) is 0 Å². The minimum atomic E-state index is -0.304. The number of unbranched alkanes of at least 4 members (excludes halogenated alkanes) is 3. The Kier molecular flexibility index (Phi) is 7.98. The lowest BCUT2D eigenvalue weighted by molar-refractivity contribution is -0.495. The van der Waals surface area contributed by atoms with Crippen LogP contribution < -0.4 is 0 Å². The molecule has 0 spiro atoms. The number of hydrogen-bond acceptors (Lipinski definition) is 4. The summed E-state index contributed by atoms with van der Waals surface area (Å²) < 4.78 is 11.5. The van der Waals surface area contributed by atoms with E-state index in [0.29, 0.717) is 0 Å². The average molecular weight is 273 g/mol. The SMILES string of the molecule is CCCCCC[C@H](C[N+](=O)[O-])O[C@@H]1CCC[C@H](C)O1.